The van der Waals surface area contributed by atoms with E-state index >= 15 is 0 Å². The van der Waals surface area contributed by atoms with Crippen LogP contribution >= 0.6 is 22.6 Å². The Kier molecular flexibility index (Phi) is 8.36. The lowest BCUT2D eigenvalue weighted by Gasteiger charge is -2.42. The van der Waals surface area contributed by atoms with Crippen molar-refractivity contribution in [2.75, 3.05) is 44.2 Å². The molecule has 3 fully saturated rings. The smallest absolute Gasteiger partial charge is 0.389 e. The van der Waals surface area contributed by atoms with Crippen LogP contribution in [0.2, 0.25) is 0 Å². The first-order valence-corrected chi connectivity index (χ1v) is 14.8. The summed E-state index contributed by atoms with van der Waals surface area (Å²) < 4.78 is 42.9. The second-order valence-electron chi connectivity index (χ2n) is 11.1. The lowest BCUT2D eigenvalue weighted by Crippen LogP contribution is -2.57. The fourth-order valence-electron chi connectivity index (χ4n) is 6.22. The summed E-state index contributed by atoms with van der Waals surface area (Å²) >= 11 is 2.26. The Hall–Kier alpha value is -2.38. The second-order valence-corrected chi connectivity index (χ2v) is 12.3. The zero-order valence-corrected chi connectivity index (χ0v) is 24.2. The molecule has 0 unspecified atom stereocenters. The van der Waals surface area contributed by atoms with E-state index in [1.165, 1.54) is 17.0 Å². The number of aliphatic hydroxyl groups excluding tert-OH is 1. The van der Waals surface area contributed by atoms with Crippen LogP contribution in [-0.4, -0.2) is 83.3 Å². The van der Waals surface area contributed by atoms with E-state index in [-0.39, 0.29) is 19.2 Å². The SMILES string of the molecule is N=C(c1ccc(N2CCC(C3CCN(C(=O)[C@](O)(c4ccccc4)C(F)(F)F)CC3)CC2)cc1I)N1CC(O)C1. The molecule has 0 spiro atoms. The van der Waals surface area contributed by atoms with Gasteiger partial charge in [-0.1, -0.05) is 30.3 Å². The molecule has 3 heterocycles. The summed E-state index contributed by atoms with van der Waals surface area (Å²) in [5.41, 5.74) is -2.04. The molecule has 3 N–H and O–H groups in total. The zero-order valence-electron chi connectivity index (χ0n) is 22.1. The normalized spacial score (nSPS) is 21.2. The van der Waals surface area contributed by atoms with E-state index in [0.29, 0.717) is 43.6 Å². The van der Waals surface area contributed by atoms with Crippen molar-refractivity contribution in [3.63, 3.8) is 0 Å². The molecule has 3 aliphatic heterocycles. The number of alkyl halides is 3. The van der Waals surface area contributed by atoms with Crippen molar-refractivity contribution in [2.24, 2.45) is 11.8 Å². The number of carbonyl (C=O) groups excluding carboxylic acids is 1. The summed E-state index contributed by atoms with van der Waals surface area (Å²) in [6, 6.07) is 12.7. The number of rotatable bonds is 5. The minimum Gasteiger partial charge on any atom is -0.389 e. The lowest BCUT2D eigenvalue weighted by molar-refractivity contribution is -0.262. The number of benzene rings is 2. The number of likely N-dealkylation sites (tertiary alicyclic amines) is 2. The fraction of sp³-hybridized carbons (Fsp3) is 0.517. The van der Waals surface area contributed by atoms with Crippen molar-refractivity contribution in [1.29, 1.82) is 5.41 Å². The number of nitrogens with one attached hydrogen (secondary N) is 1. The minimum atomic E-state index is -5.12. The Morgan fingerprint density at radius 3 is 2.00 bits per heavy atom. The maximum Gasteiger partial charge on any atom is 0.430 e. The number of aliphatic hydroxyl groups is 2. The molecule has 2 aromatic rings. The summed E-state index contributed by atoms with van der Waals surface area (Å²) in [5.74, 6) is -0.0941. The lowest BCUT2D eigenvalue weighted by atomic mass is 9.78. The molecule has 11 heteroatoms. The third-order valence-corrected chi connectivity index (χ3v) is 9.59. The van der Waals surface area contributed by atoms with Crippen LogP contribution in [0.5, 0.6) is 0 Å². The number of halogens is 4. The topological polar surface area (TPSA) is 91.1 Å². The van der Waals surface area contributed by atoms with E-state index in [1.807, 2.05) is 17.0 Å². The van der Waals surface area contributed by atoms with Gasteiger partial charge in [-0.25, -0.2) is 0 Å². The number of carbonyl (C=O) groups is 1. The minimum absolute atomic E-state index is 0.203. The number of amidine groups is 1. The highest BCUT2D eigenvalue weighted by Crippen LogP contribution is 2.42. The fourth-order valence-corrected chi connectivity index (χ4v) is 6.97. The number of piperidine rings is 2. The molecule has 2 aromatic carbocycles. The van der Waals surface area contributed by atoms with Crippen LogP contribution in [0.3, 0.4) is 0 Å². The Labute approximate surface area is 245 Å². The van der Waals surface area contributed by atoms with Crippen molar-refractivity contribution < 1.29 is 28.2 Å². The maximum atomic E-state index is 14.0. The second kappa shape index (κ2) is 11.5. The van der Waals surface area contributed by atoms with Gasteiger partial charge in [0.2, 0.25) is 0 Å². The summed E-state index contributed by atoms with van der Waals surface area (Å²) in [6.07, 6.45) is -2.30. The predicted octanol–water partition coefficient (Wildman–Crippen LogP) is 4.20. The first-order chi connectivity index (χ1) is 19.0. The molecule has 0 bridgehead atoms. The van der Waals surface area contributed by atoms with E-state index < -0.39 is 23.2 Å². The number of hydrogen-bond donors (Lipinski definition) is 3. The summed E-state index contributed by atoms with van der Waals surface area (Å²) in [7, 11) is 0. The third-order valence-electron chi connectivity index (χ3n) is 8.70. The largest absolute Gasteiger partial charge is 0.430 e. The molecule has 0 aromatic heterocycles. The van der Waals surface area contributed by atoms with E-state index in [0.717, 1.165) is 52.9 Å². The van der Waals surface area contributed by atoms with Crippen LogP contribution in [0.25, 0.3) is 0 Å². The van der Waals surface area contributed by atoms with Crippen LogP contribution in [0.4, 0.5) is 18.9 Å². The van der Waals surface area contributed by atoms with Crippen molar-refractivity contribution in [1.82, 2.24) is 9.80 Å². The van der Waals surface area contributed by atoms with Crippen molar-refractivity contribution in [3.05, 3.63) is 63.2 Å². The first kappa shape index (κ1) is 29.1. The van der Waals surface area contributed by atoms with Gasteiger partial charge in [-0.15, -0.1) is 0 Å². The summed E-state index contributed by atoms with van der Waals surface area (Å²) in [5, 5.41) is 28.6. The van der Waals surface area contributed by atoms with Crippen molar-refractivity contribution >= 4 is 40.0 Å². The standard InChI is InChI=1S/C29H34F3IN4O3/c30-29(31,32)28(40,21-4-2-1-3-5-21)27(39)36-14-10-20(11-15-36)19-8-12-35(13-9-19)22-6-7-24(25(33)16-22)26(34)37-17-23(38)18-37/h1-7,16,19-20,23,34,38,40H,8-15,17-18H2/t28-/m1/s1. The first-order valence-electron chi connectivity index (χ1n) is 13.7. The van der Waals surface area contributed by atoms with Crippen molar-refractivity contribution in [2.45, 2.75) is 43.6 Å². The Balaban J connectivity index is 1.15. The highest BCUT2D eigenvalue weighted by molar-refractivity contribution is 14.1. The molecule has 1 atom stereocenters. The molecular formula is C29H34F3IN4O3. The van der Waals surface area contributed by atoms with Gasteiger partial charge in [-0.3, -0.25) is 10.2 Å². The van der Waals surface area contributed by atoms with Crippen LogP contribution < -0.4 is 4.90 Å². The highest BCUT2D eigenvalue weighted by Gasteiger charge is 2.62. The molecule has 216 valence electrons. The molecular weight excluding hydrogens is 636 g/mol. The van der Waals surface area contributed by atoms with E-state index in [9.17, 15) is 28.2 Å². The van der Waals surface area contributed by atoms with Crippen LogP contribution in [-0.2, 0) is 10.4 Å². The molecule has 3 aliphatic rings. The Morgan fingerprint density at radius 1 is 0.900 bits per heavy atom. The van der Waals surface area contributed by atoms with Gasteiger partial charge in [-0.05, 0) is 78.3 Å². The number of anilines is 1. The summed E-state index contributed by atoms with van der Waals surface area (Å²) in [6.45, 7) is 3.14. The maximum absolute atomic E-state index is 14.0. The van der Waals surface area contributed by atoms with Crippen LogP contribution in [0, 0.1) is 20.8 Å². The quantitative estimate of drug-likeness (QED) is 0.252. The number of hydrogen-bond acceptors (Lipinski definition) is 5. The van der Waals surface area contributed by atoms with E-state index in [4.69, 9.17) is 5.41 Å². The van der Waals surface area contributed by atoms with E-state index in [1.54, 1.807) is 6.07 Å². The molecule has 0 radical (unpaired) electrons. The van der Waals surface area contributed by atoms with Gasteiger partial charge < -0.3 is 24.9 Å². The number of amides is 1. The predicted molar refractivity (Wildman–Crippen MR) is 154 cm³/mol. The average Bonchev–Trinajstić information content (AvgIpc) is 2.94. The Bertz CT molecular complexity index is 1220. The Morgan fingerprint density at radius 2 is 1.48 bits per heavy atom. The zero-order chi connectivity index (χ0) is 28.7. The van der Waals surface area contributed by atoms with Gasteiger partial charge in [-0.2, -0.15) is 13.2 Å². The van der Waals surface area contributed by atoms with Crippen molar-refractivity contribution in [3.8, 4) is 0 Å². The molecule has 7 nitrogen and oxygen atoms in total. The highest BCUT2D eigenvalue weighted by atomic mass is 127. The van der Waals surface area contributed by atoms with Gasteiger partial charge in [0.15, 0.2) is 0 Å². The monoisotopic (exact) mass is 670 g/mol. The van der Waals surface area contributed by atoms with Gasteiger partial charge in [0, 0.05) is 59.7 Å². The van der Waals surface area contributed by atoms with Gasteiger partial charge in [0.05, 0.1) is 6.10 Å². The molecule has 0 saturated carbocycles. The number of nitrogens with zero attached hydrogens (tertiary/aromatic N) is 3. The molecule has 0 aliphatic carbocycles. The summed E-state index contributed by atoms with van der Waals surface area (Å²) in [4.78, 5) is 18.4. The van der Waals surface area contributed by atoms with E-state index in [2.05, 4.69) is 33.6 Å². The van der Waals surface area contributed by atoms with Gasteiger partial charge >= 0.3 is 6.18 Å². The molecule has 3 saturated heterocycles. The molecule has 40 heavy (non-hydrogen) atoms. The van der Waals surface area contributed by atoms with Crippen LogP contribution in [0.15, 0.2) is 48.5 Å². The third kappa shape index (κ3) is 5.56. The molecule has 1 amide bonds. The van der Waals surface area contributed by atoms with Crippen LogP contribution in [0.1, 0.15) is 36.8 Å². The number of β-amino-alcohol motifs (C(OH)–C–C–N with tert-alkyl or cyclic N) is 1. The average molecular weight is 671 g/mol. The van der Waals surface area contributed by atoms with Gasteiger partial charge in [0.1, 0.15) is 5.84 Å². The van der Waals surface area contributed by atoms with Gasteiger partial charge in [0.25, 0.3) is 11.5 Å². The molecule has 5 rings (SSSR count).